The van der Waals surface area contributed by atoms with Gasteiger partial charge in [-0.25, -0.2) is 0 Å². The Labute approximate surface area is 106 Å². The molecule has 1 N–H and O–H groups in total. The maximum Gasteiger partial charge on any atom is 0.158 e. The van der Waals surface area contributed by atoms with E-state index in [9.17, 15) is 0 Å². The first kappa shape index (κ1) is 11.5. The Morgan fingerprint density at radius 3 is 2.94 bits per heavy atom. The van der Waals surface area contributed by atoms with Crippen molar-refractivity contribution in [1.29, 1.82) is 0 Å². The molecule has 1 saturated carbocycles. The maximum absolute atomic E-state index is 5.12. The highest BCUT2D eigenvalue weighted by atomic mass is 16.5. The minimum atomic E-state index is 0.649. The van der Waals surface area contributed by atoms with Crippen molar-refractivity contribution in [3.8, 4) is 0 Å². The zero-order chi connectivity index (χ0) is 12.5. The molecule has 1 fully saturated rings. The monoisotopic (exact) mass is 246 g/mol. The van der Waals surface area contributed by atoms with Crippen LogP contribution in [0, 0.1) is 13.8 Å². The van der Waals surface area contributed by atoms with Crippen LogP contribution in [-0.4, -0.2) is 21.0 Å². The van der Waals surface area contributed by atoms with Crippen LogP contribution in [0.25, 0.3) is 0 Å². The molecule has 0 unspecified atom stereocenters. The Balaban J connectivity index is 1.75. The van der Waals surface area contributed by atoms with E-state index in [1.54, 1.807) is 6.20 Å². The fourth-order valence-electron chi connectivity index (χ4n) is 2.15. The zero-order valence-electron chi connectivity index (χ0n) is 10.8. The summed E-state index contributed by atoms with van der Waals surface area (Å²) in [6, 6.07) is 2.60. The molecular formula is C13H18N4O. The standard InChI is InChI=1S/C13H18N4O/c1-9-13(7-14-11-3-4-11)10(2)17(16-9)8-12-5-6-15-18-12/h5-6,11,14H,3-4,7-8H2,1-2H3. The molecule has 0 aliphatic heterocycles. The molecule has 0 spiro atoms. The van der Waals surface area contributed by atoms with Crippen LogP contribution in [-0.2, 0) is 13.1 Å². The van der Waals surface area contributed by atoms with E-state index in [-0.39, 0.29) is 0 Å². The van der Waals surface area contributed by atoms with Crippen molar-refractivity contribution in [2.75, 3.05) is 0 Å². The van der Waals surface area contributed by atoms with E-state index in [1.165, 1.54) is 24.1 Å². The predicted octanol–water partition coefficient (Wildman–Crippen LogP) is 1.79. The minimum Gasteiger partial charge on any atom is -0.359 e. The SMILES string of the molecule is Cc1nn(Cc2ccno2)c(C)c1CNC1CC1. The third-order valence-electron chi connectivity index (χ3n) is 3.47. The Morgan fingerprint density at radius 2 is 2.28 bits per heavy atom. The third kappa shape index (κ3) is 2.31. The van der Waals surface area contributed by atoms with Crippen LogP contribution in [0.4, 0.5) is 0 Å². The first-order chi connectivity index (χ1) is 8.74. The van der Waals surface area contributed by atoms with Gasteiger partial charge in [0, 0.05) is 29.9 Å². The van der Waals surface area contributed by atoms with Crippen LogP contribution >= 0.6 is 0 Å². The highest BCUT2D eigenvalue weighted by molar-refractivity contribution is 5.25. The van der Waals surface area contributed by atoms with Gasteiger partial charge in [-0.2, -0.15) is 5.10 Å². The van der Waals surface area contributed by atoms with Crippen LogP contribution in [0.5, 0.6) is 0 Å². The summed E-state index contributed by atoms with van der Waals surface area (Å²) in [6.45, 7) is 5.74. The van der Waals surface area contributed by atoms with Gasteiger partial charge in [0.05, 0.1) is 11.9 Å². The van der Waals surface area contributed by atoms with E-state index in [0.29, 0.717) is 6.54 Å². The van der Waals surface area contributed by atoms with Gasteiger partial charge in [-0.05, 0) is 26.7 Å². The average molecular weight is 246 g/mol. The van der Waals surface area contributed by atoms with Crippen LogP contribution in [0.15, 0.2) is 16.8 Å². The van der Waals surface area contributed by atoms with Crippen LogP contribution in [0.2, 0.25) is 0 Å². The molecule has 0 saturated heterocycles. The summed E-state index contributed by atoms with van der Waals surface area (Å²) in [7, 11) is 0. The summed E-state index contributed by atoms with van der Waals surface area (Å²) in [4.78, 5) is 0. The summed E-state index contributed by atoms with van der Waals surface area (Å²) < 4.78 is 7.11. The molecule has 96 valence electrons. The van der Waals surface area contributed by atoms with Gasteiger partial charge in [-0.15, -0.1) is 0 Å². The molecule has 0 aromatic carbocycles. The fourth-order valence-corrected chi connectivity index (χ4v) is 2.15. The van der Waals surface area contributed by atoms with E-state index in [1.807, 2.05) is 10.7 Å². The summed E-state index contributed by atoms with van der Waals surface area (Å²) in [5.74, 6) is 0.835. The van der Waals surface area contributed by atoms with Gasteiger partial charge in [0.15, 0.2) is 5.76 Å². The molecule has 0 bridgehead atoms. The molecule has 0 radical (unpaired) electrons. The lowest BCUT2D eigenvalue weighted by Crippen LogP contribution is -2.16. The van der Waals surface area contributed by atoms with Crippen molar-refractivity contribution in [3.05, 3.63) is 35.0 Å². The van der Waals surface area contributed by atoms with Gasteiger partial charge in [0.25, 0.3) is 0 Å². The zero-order valence-corrected chi connectivity index (χ0v) is 10.8. The van der Waals surface area contributed by atoms with Crippen molar-refractivity contribution in [1.82, 2.24) is 20.3 Å². The second kappa shape index (κ2) is 4.57. The Bertz CT molecular complexity index is 525. The molecular weight excluding hydrogens is 228 g/mol. The molecule has 0 amide bonds. The van der Waals surface area contributed by atoms with E-state index >= 15 is 0 Å². The van der Waals surface area contributed by atoms with Crippen molar-refractivity contribution in [2.24, 2.45) is 0 Å². The summed E-state index contributed by atoms with van der Waals surface area (Å²) in [6.07, 6.45) is 4.28. The van der Waals surface area contributed by atoms with Crippen molar-refractivity contribution < 1.29 is 4.52 Å². The van der Waals surface area contributed by atoms with Crippen LogP contribution < -0.4 is 5.32 Å². The van der Waals surface area contributed by atoms with Gasteiger partial charge in [0.1, 0.15) is 6.54 Å². The average Bonchev–Trinajstić information content (AvgIpc) is 2.96. The van der Waals surface area contributed by atoms with Crippen molar-refractivity contribution in [3.63, 3.8) is 0 Å². The molecule has 0 atom stereocenters. The van der Waals surface area contributed by atoms with Gasteiger partial charge in [0.2, 0.25) is 0 Å². The second-order valence-electron chi connectivity index (χ2n) is 4.94. The number of nitrogens with one attached hydrogen (secondary N) is 1. The van der Waals surface area contributed by atoms with Crippen molar-refractivity contribution in [2.45, 2.75) is 45.8 Å². The quantitative estimate of drug-likeness (QED) is 0.874. The summed E-state index contributed by atoms with van der Waals surface area (Å²) >= 11 is 0. The highest BCUT2D eigenvalue weighted by Gasteiger charge is 2.21. The summed E-state index contributed by atoms with van der Waals surface area (Å²) in [5.41, 5.74) is 3.61. The predicted molar refractivity (Wildman–Crippen MR) is 67.2 cm³/mol. The molecule has 1 aliphatic rings. The molecule has 1 aliphatic carbocycles. The number of hydrogen-bond acceptors (Lipinski definition) is 4. The van der Waals surface area contributed by atoms with Gasteiger partial charge in [-0.3, -0.25) is 4.68 Å². The first-order valence-corrected chi connectivity index (χ1v) is 6.40. The first-order valence-electron chi connectivity index (χ1n) is 6.40. The van der Waals surface area contributed by atoms with Gasteiger partial charge < -0.3 is 9.84 Å². The van der Waals surface area contributed by atoms with E-state index in [4.69, 9.17) is 4.52 Å². The van der Waals surface area contributed by atoms with E-state index < -0.39 is 0 Å². The normalized spacial score (nSPS) is 15.2. The number of hydrogen-bond donors (Lipinski definition) is 1. The van der Waals surface area contributed by atoms with Gasteiger partial charge in [-0.1, -0.05) is 5.16 Å². The molecule has 5 heteroatoms. The molecule has 3 rings (SSSR count). The number of aryl methyl sites for hydroxylation is 1. The van der Waals surface area contributed by atoms with Crippen LogP contribution in [0.3, 0.4) is 0 Å². The molecule has 18 heavy (non-hydrogen) atoms. The Kier molecular flexibility index (Phi) is 2.91. The molecule has 2 heterocycles. The van der Waals surface area contributed by atoms with E-state index in [0.717, 1.165) is 24.0 Å². The number of aromatic nitrogens is 3. The number of nitrogens with zero attached hydrogens (tertiary/aromatic N) is 3. The van der Waals surface area contributed by atoms with Gasteiger partial charge >= 0.3 is 0 Å². The molecule has 2 aromatic heterocycles. The lowest BCUT2D eigenvalue weighted by atomic mass is 10.2. The lowest BCUT2D eigenvalue weighted by molar-refractivity contribution is 0.370. The van der Waals surface area contributed by atoms with Crippen molar-refractivity contribution >= 4 is 0 Å². The topological polar surface area (TPSA) is 55.9 Å². The summed E-state index contributed by atoms with van der Waals surface area (Å²) in [5, 5.41) is 11.8. The fraction of sp³-hybridized carbons (Fsp3) is 0.538. The lowest BCUT2D eigenvalue weighted by Gasteiger charge is -2.04. The smallest absolute Gasteiger partial charge is 0.158 e. The molecule has 5 nitrogen and oxygen atoms in total. The highest BCUT2D eigenvalue weighted by Crippen LogP contribution is 2.21. The Hall–Kier alpha value is -1.62. The molecule has 2 aromatic rings. The largest absolute Gasteiger partial charge is 0.359 e. The Morgan fingerprint density at radius 1 is 1.44 bits per heavy atom. The second-order valence-corrected chi connectivity index (χ2v) is 4.94. The minimum absolute atomic E-state index is 0.649. The van der Waals surface area contributed by atoms with E-state index in [2.05, 4.69) is 29.4 Å². The third-order valence-corrected chi connectivity index (χ3v) is 3.47. The number of rotatable bonds is 5. The van der Waals surface area contributed by atoms with Crippen LogP contribution in [0.1, 0.15) is 35.6 Å². The maximum atomic E-state index is 5.12.